The first-order chi connectivity index (χ1) is 13.1. The van der Waals surface area contributed by atoms with Crippen molar-refractivity contribution in [1.82, 2.24) is 9.62 Å². The maximum absolute atomic E-state index is 13.0. The van der Waals surface area contributed by atoms with Gasteiger partial charge in [0.1, 0.15) is 0 Å². The summed E-state index contributed by atoms with van der Waals surface area (Å²) in [4.78, 5) is 13.2. The number of nitrogens with one attached hydrogen (secondary N) is 1. The third kappa shape index (κ3) is 4.24. The Morgan fingerprint density at radius 2 is 1.75 bits per heavy atom. The van der Waals surface area contributed by atoms with E-state index in [1.165, 1.54) is 20.2 Å². The van der Waals surface area contributed by atoms with Gasteiger partial charge in [0.2, 0.25) is 10.0 Å². The fraction of sp³-hybridized carbons (Fsp3) is 0.381. The van der Waals surface area contributed by atoms with Crippen LogP contribution in [0.4, 0.5) is 0 Å². The number of aryl methyl sites for hydroxylation is 1. The van der Waals surface area contributed by atoms with Crippen molar-refractivity contribution in [2.75, 3.05) is 14.1 Å². The highest BCUT2D eigenvalue weighted by atomic mass is 35.5. The zero-order chi connectivity index (χ0) is 20.6. The first-order valence-electron chi connectivity index (χ1n) is 9.21. The number of benzene rings is 2. The zero-order valence-corrected chi connectivity index (χ0v) is 18.1. The van der Waals surface area contributed by atoms with E-state index in [2.05, 4.69) is 5.32 Å². The van der Waals surface area contributed by atoms with E-state index in [1.54, 1.807) is 13.0 Å². The number of nitrogens with zero attached hydrogens (tertiary/aromatic N) is 1. The molecule has 0 aliphatic heterocycles. The predicted molar refractivity (Wildman–Crippen MR) is 111 cm³/mol. The molecule has 5 nitrogen and oxygen atoms in total. The fourth-order valence-corrected chi connectivity index (χ4v) is 4.56. The number of rotatable bonds is 6. The van der Waals surface area contributed by atoms with Crippen LogP contribution >= 0.6 is 11.6 Å². The molecule has 28 heavy (non-hydrogen) atoms. The molecule has 0 spiro atoms. The molecule has 1 saturated carbocycles. The van der Waals surface area contributed by atoms with Crippen molar-refractivity contribution in [2.45, 2.75) is 37.6 Å². The van der Waals surface area contributed by atoms with Crippen LogP contribution in [0.1, 0.15) is 45.9 Å². The molecule has 2 aromatic rings. The van der Waals surface area contributed by atoms with Gasteiger partial charge in [-0.2, -0.15) is 0 Å². The lowest BCUT2D eigenvalue weighted by molar-refractivity contribution is 0.0931. The molecule has 0 aromatic heterocycles. The highest BCUT2D eigenvalue weighted by Crippen LogP contribution is 2.41. The lowest BCUT2D eigenvalue weighted by atomic mass is 10.0. The second-order valence-corrected chi connectivity index (χ2v) is 10.1. The Kier molecular flexibility index (Phi) is 5.84. The van der Waals surface area contributed by atoms with E-state index >= 15 is 0 Å². The summed E-state index contributed by atoms with van der Waals surface area (Å²) in [5.74, 6) is 0.117. The minimum Gasteiger partial charge on any atom is -0.345 e. The topological polar surface area (TPSA) is 66.5 Å². The van der Waals surface area contributed by atoms with Gasteiger partial charge in [-0.25, -0.2) is 12.7 Å². The quantitative estimate of drug-likeness (QED) is 0.765. The van der Waals surface area contributed by atoms with E-state index < -0.39 is 10.0 Å². The smallest absolute Gasteiger partial charge is 0.251 e. The molecule has 1 atom stereocenters. The standard InChI is InChI=1S/C21H25ClN2O3S/c1-13-11-17(12-19(14(13)2)28(26,27)24(3)4)21(25)23-20(15-5-6-15)16-7-9-18(22)10-8-16/h7-12,15,20H,5-6H2,1-4H3,(H,23,25). The van der Waals surface area contributed by atoms with Crippen molar-refractivity contribution >= 4 is 27.5 Å². The minimum absolute atomic E-state index is 0.111. The summed E-state index contributed by atoms with van der Waals surface area (Å²) >= 11 is 5.98. The van der Waals surface area contributed by atoms with E-state index in [4.69, 9.17) is 11.6 Å². The molecule has 0 saturated heterocycles. The summed E-state index contributed by atoms with van der Waals surface area (Å²) in [7, 11) is -0.664. The molecule has 1 N–H and O–H groups in total. The van der Waals surface area contributed by atoms with Crippen molar-refractivity contribution in [2.24, 2.45) is 5.92 Å². The van der Waals surface area contributed by atoms with Gasteiger partial charge in [-0.1, -0.05) is 23.7 Å². The minimum atomic E-state index is -3.64. The Hall–Kier alpha value is -1.89. The van der Waals surface area contributed by atoms with E-state index in [1.807, 2.05) is 31.2 Å². The van der Waals surface area contributed by atoms with Gasteiger partial charge >= 0.3 is 0 Å². The Balaban J connectivity index is 1.93. The Bertz CT molecular complexity index is 997. The first kappa shape index (κ1) is 20.8. The van der Waals surface area contributed by atoms with Crippen LogP contribution in [0.2, 0.25) is 5.02 Å². The second kappa shape index (κ2) is 7.85. The summed E-state index contributed by atoms with van der Waals surface area (Å²) < 4.78 is 26.5. The van der Waals surface area contributed by atoms with Gasteiger partial charge in [0, 0.05) is 24.7 Å². The van der Waals surface area contributed by atoms with Gasteiger partial charge in [-0.3, -0.25) is 4.79 Å². The SMILES string of the molecule is Cc1cc(C(=O)NC(c2ccc(Cl)cc2)C2CC2)cc(S(=O)(=O)N(C)C)c1C. The van der Waals surface area contributed by atoms with Crippen LogP contribution in [0.3, 0.4) is 0 Å². The van der Waals surface area contributed by atoms with Crippen LogP contribution in [0.5, 0.6) is 0 Å². The normalized spacial score (nSPS) is 15.5. The molecule has 1 aliphatic carbocycles. The highest BCUT2D eigenvalue weighted by molar-refractivity contribution is 7.89. The average molecular weight is 421 g/mol. The molecule has 1 fully saturated rings. The number of halogens is 1. The van der Waals surface area contributed by atoms with Crippen LogP contribution in [0.25, 0.3) is 0 Å². The second-order valence-electron chi connectivity index (χ2n) is 7.54. The molecule has 1 aliphatic rings. The zero-order valence-electron chi connectivity index (χ0n) is 16.5. The van der Waals surface area contributed by atoms with E-state index in [9.17, 15) is 13.2 Å². The van der Waals surface area contributed by atoms with Crippen molar-refractivity contribution in [3.63, 3.8) is 0 Å². The van der Waals surface area contributed by atoms with Crippen LogP contribution in [-0.4, -0.2) is 32.7 Å². The molecular weight excluding hydrogens is 396 g/mol. The molecule has 2 aromatic carbocycles. The monoisotopic (exact) mass is 420 g/mol. The fourth-order valence-electron chi connectivity index (χ4n) is 3.22. The molecule has 7 heteroatoms. The van der Waals surface area contributed by atoms with Gasteiger partial charge in [-0.05, 0) is 73.6 Å². The molecule has 0 heterocycles. The van der Waals surface area contributed by atoms with Crippen LogP contribution < -0.4 is 5.32 Å². The third-order valence-corrected chi connectivity index (χ3v) is 7.44. The lowest BCUT2D eigenvalue weighted by Gasteiger charge is -2.20. The van der Waals surface area contributed by atoms with Crippen molar-refractivity contribution in [1.29, 1.82) is 0 Å². The molecule has 3 rings (SSSR count). The van der Waals surface area contributed by atoms with Gasteiger partial charge in [0.15, 0.2) is 0 Å². The number of hydrogen-bond acceptors (Lipinski definition) is 3. The van der Waals surface area contributed by atoms with E-state index in [0.717, 1.165) is 28.3 Å². The van der Waals surface area contributed by atoms with Gasteiger partial charge in [0.05, 0.1) is 10.9 Å². The maximum atomic E-state index is 13.0. The Morgan fingerprint density at radius 3 is 2.29 bits per heavy atom. The third-order valence-electron chi connectivity index (χ3n) is 5.25. The van der Waals surface area contributed by atoms with Crippen molar-refractivity contribution in [3.8, 4) is 0 Å². The molecular formula is C21H25ClN2O3S. The van der Waals surface area contributed by atoms with Crippen LogP contribution in [-0.2, 0) is 10.0 Å². The largest absolute Gasteiger partial charge is 0.345 e. The predicted octanol–water partition coefficient (Wildman–Crippen LogP) is 4.09. The Labute approximate surface area is 171 Å². The molecule has 1 unspecified atom stereocenters. The van der Waals surface area contributed by atoms with E-state index in [-0.39, 0.29) is 16.8 Å². The lowest BCUT2D eigenvalue weighted by Crippen LogP contribution is -2.30. The van der Waals surface area contributed by atoms with Crippen molar-refractivity contribution < 1.29 is 13.2 Å². The number of carbonyl (C=O) groups is 1. The molecule has 1 amide bonds. The summed E-state index contributed by atoms with van der Waals surface area (Å²) in [5, 5.41) is 3.75. The molecule has 0 radical (unpaired) electrons. The number of sulfonamides is 1. The Morgan fingerprint density at radius 1 is 1.14 bits per heavy atom. The average Bonchev–Trinajstić information content (AvgIpc) is 3.47. The number of amides is 1. The maximum Gasteiger partial charge on any atom is 0.251 e. The molecule has 0 bridgehead atoms. The number of hydrogen-bond donors (Lipinski definition) is 1. The van der Waals surface area contributed by atoms with Crippen molar-refractivity contribution in [3.05, 3.63) is 63.7 Å². The number of carbonyl (C=O) groups excluding carboxylic acids is 1. The van der Waals surface area contributed by atoms with Crippen LogP contribution in [0.15, 0.2) is 41.3 Å². The van der Waals surface area contributed by atoms with Gasteiger partial charge in [-0.15, -0.1) is 0 Å². The summed E-state index contributed by atoms with van der Waals surface area (Å²) in [6.45, 7) is 3.58. The van der Waals surface area contributed by atoms with Gasteiger partial charge < -0.3 is 5.32 Å². The first-order valence-corrected chi connectivity index (χ1v) is 11.0. The van der Waals surface area contributed by atoms with E-state index in [0.29, 0.717) is 22.1 Å². The summed E-state index contributed by atoms with van der Waals surface area (Å²) in [6.07, 6.45) is 2.11. The highest BCUT2D eigenvalue weighted by Gasteiger charge is 2.34. The van der Waals surface area contributed by atoms with Crippen LogP contribution in [0, 0.1) is 19.8 Å². The molecule has 150 valence electrons. The summed E-state index contributed by atoms with van der Waals surface area (Å²) in [6, 6.07) is 10.6. The summed E-state index contributed by atoms with van der Waals surface area (Å²) in [5.41, 5.74) is 2.78. The van der Waals surface area contributed by atoms with Gasteiger partial charge in [0.25, 0.3) is 5.91 Å².